The fourth-order valence-corrected chi connectivity index (χ4v) is 1.78. The van der Waals surface area contributed by atoms with Gasteiger partial charge in [0, 0.05) is 26.3 Å². The average molecular weight is 308 g/mol. The smallest absolute Gasteiger partial charge is 0.229 e. The van der Waals surface area contributed by atoms with Crippen molar-refractivity contribution in [2.75, 3.05) is 31.6 Å². The fraction of sp³-hybridized carbons (Fsp3) is 0.500. The van der Waals surface area contributed by atoms with Crippen LogP contribution in [0.1, 0.15) is 6.42 Å². The van der Waals surface area contributed by atoms with Crippen molar-refractivity contribution >= 4 is 36.4 Å². The molecular formula is C12H19Cl2N3O2. The molecule has 2 rings (SSSR count). The number of anilines is 1. The third-order valence-electron chi connectivity index (χ3n) is 2.81. The Bertz CT molecular complexity index is 372. The first-order chi connectivity index (χ1) is 8.27. The minimum absolute atomic E-state index is 0. The van der Waals surface area contributed by atoms with Crippen LogP contribution in [0.3, 0.4) is 0 Å². The number of morpholine rings is 1. The summed E-state index contributed by atoms with van der Waals surface area (Å²) in [5, 5.41) is 3.21. The Hall–Kier alpha value is -0.880. The van der Waals surface area contributed by atoms with Crippen LogP contribution in [-0.2, 0) is 9.53 Å². The zero-order valence-electron chi connectivity index (χ0n) is 10.7. The van der Waals surface area contributed by atoms with Crippen molar-refractivity contribution < 1.29 is 9.53 Å². The maximum Gasteiger partial charge on any atom is 0.229 e. The summed E-state index contributed by atoms with van der Waals surface area (Å²) in [6.45, 7) is 2.28. The Morgan fingerprint density at radius 2 is 2.37 bits per heavy atom. The van der Waals surface area contributed by atoms with Gasteiger partial charge in [-0.1, -0.05) is 0 Å². The molecule has 0 saturated carbocycles. The molecule has 19 heavy (non-hydrogen) atoms. The molecule has 7 heteroatoms. The number of carbonyl (C=O) groups is 1. The van der Waals surface area contributed by atoms with E-state index in [1.54, 1.807) is 24.3 Å². The molecule has 0 spiro atoms. The second-order valence-electron chi connectivity index (χ2n) is 4.07. The van der Waals surface area contributed by atoms with Gasteiger partial charge in [0.2, 0.25) is 5.91 Å². The molecule has 2 heterocycles. The number of nitrogens with zero attached hydrogens (tertiary/aromatic N) is 2. The van der Waals surface area contributed by atoms with E-state index in [9.17, 15) is 4.79 Å². The molecule has 0 aromatic carbocycles. The lowest BCUT2D eigenvalue weighted by atomic mass is 10.2. The Labute approximate surface area is 125 Å². The van der Waals surface area contributed by atoms with Crippen LogP contribution in [0, 0.1) is 0 Å². The molecule has 1 N–H and O–H groups in total. The zero-order chi connectivity index (χ0) is 12.1. The van der Waals surface area contributed by atoms with E-state index >= 15 is 0 Å². The van der Waals surface area contributed by atoms with Crippen molar-refractivity contribution in [3.8, 4) is 0 Å². The van der Waals surface area contributed by atoms with Gasteiger partial charge in [0.1, 0.15) is 0 Å². The second-order valence-corrected chi connectivity index (χ2v) is 4.07. The van der Waals surface area contributed by atoms with Gasteiger partial charge in [-0.05, 0) is 12.1 Å². The molecule has 1 aliphatic rings. The van der Waals surface area contributed by atoms with Gasteiger partial charge >= 0.3 is 0 Å². The maximum atomic E-state index is 12.0. The van der Waals surface area contributed by atoms with Gasteiger partial charge in [-0.2, -0.15) is 0 Å². The van der Waals surface area contributed by atoms with E-state index in [0.29, 0.717) is 13.0 Å². The highest BCUT2D eigenvalue weighted by molar-refractivity contribution is 5.92. The van der Waals surface area contributed by atoms with Crippen LogP contribution in [0.25, 0.3) is 0 Å². The van der Waals surface area contributed by atoms with Crippen molar-refractivity contribution in [3.63, 3.8) is 0 Å². The standard InChI is InChI=1S/C12H17N3O2.2ClH/c1-15(10-3-2-4-13-8-10)12(16)7-11-9-14-5-6-17-11;;/h2-4,8,11,14H,5-7,9H2,1H3;2*1H. The number of carbonyl (C=O) groups excluding carboxylic acids is 1. The molecule has 108 valence electrons. The largest absolute Gasteiger partial charge is 0.375 e. The van der Waals surface area contributed by atoms with Crippen molar-refractivity contribution in [3.05, 3.63) is 24.5 Å². The van der Waals surface area contributed by atoms with E-state index in [-0.39, 0.29) is 36.8 Å². The third kappa shape index (κ3) is 5.32. The van der Waals surface area contributed by atoms with Gasteiger partial charge < -0.3 is 15.0 Å². The van der Waals surface area contributed by atoms with Crippen molar-refractivity contribution in [1.82, 2.24) is 10.3 Å². The number of halogens is 2. The molecule has 1 aliphatic heterocycles. The number of aromatic nitrogens is 1. The van der Waals surface area contributed by atoms with Crippen LogP contribution in [0.4, 0.5) is 5.69 Å². The van der Waals surface area contributed by atoms with Crippen LogP contribution >= 0.6 is 24.8 Å². The molecule has 1 unspecified atom stereocenters. The highest BCUT2D eigenvalue weighted by atomic mass is 35.5. The number of hydrogen-bond donors (Lipinski definition) is 1. The van der Waals surface area contributed by atoms with Gasteiger partial charge in [0.05, 0.1) is 31.0 Å². The van der Waals surface area contributed by atoms with E-state index in [0.717, 1.165) is 18.8 Å². The lowest BCUT2D eigenvalue weighted by molar-refractivity contribution is -0.121. The minimum Gasteiger partial charge on any atom is -0.375 e. The highest BCUT2D eigenvalue weighted by Crippen LogP contribution is 2.12. The highest BCUT2D eigenvalue weighted by Gasteiger charge is 2.20. The molecular weight excluding hydrogens is 289 g/mol. The Kier molecular flexibility index (Phi) is 8.67. The predicted octanol–water partition coefficient (Wildman–Crippen LogP) is 1.27. The van der Waals surface area contributed by atoms with Crippen LogP contribution in [0.15, 0.2) is 24.5 Å². The lowest BCUT2D eigenvalue weighted by Gasteiger charge is -2.25. The van der Waals surface area contributed by atoms with Crippen LogP contribution in [0.2, 0.25) is 0 Å². The normalized spacial score (nSPS) is 17.8. The Morgan fingerprint density at radius 1 is 1.58 bits per heavy atom. The van der Waals surface area contributed by atoms with E-state index in [1.165, 1.54) is 0 Å². The number of ether oxygens (including phenoxy) is 1. The SMILES string of the molecule is CN(C(=O)CC1CNCCO1)c1cccnc1.Cl.Cl. The summed E-state index contributed by atoms with van der Waals surface area (Å²) >= 11 is 0. The molecule has 0 aliphatic carbocycles. The molecule has 0 radical (unpaired) electrons. The molecule has 1 atom stereocenters. The molecule has 1 amide bonds. The second kappa shape index (κ2) is 9.09. The monoisotopic (exact) mass is 307 g/mol. The number of amides is 1. The van der Waals surface area contributed by atoms with Gasteiger partial charge in [-0.15, -0.1) is 24.8 Å². The molecule has 0 bridgehead atoms. The first-order valence-corrected chi connectivity index (χ1v) is 5.76. The third-order valence-corrected chi connectivity index (χ3v) is 2.81. The number of pyridine rings is 1. The van der Waals surface area contributed by atoms with Gasteiger partial charge in [0.25, 0.3) is 0 Å². The Morgan fingerprint density at radius 3 is 2.95 bits per heavy atom. The summed E-state index contributed by atoms with van der Waals surface area (Å²) in [7, 11) is 1.76. The van der Waals surface area contributed by atoms with Crippen LogP contribution in [0.5, 0.6) is 0 Å². The summed E-state index contributed by atoms with van der Waals surface area (Å²) < 4.78 is 5.51. The van der Waals surface area contributed by atoms with Crippen LogP contribution < -0.4 is 10.2 Å². The topological polar surface area (TPSA) is 54.5 Å². The van der Waals surface area contributed by atoms with Gasteiger partial charge in [0.15, 0.2) is 0 Å². The summed E-state index contributed by atoms with van der Waals surface area (Å²) in [4.78, 5) is 17.6. The van der Waals surface area contributed by atoms with Crippen molar-refractivity contribution in [2.24, 2.45) is 0 Å². The summed E-state index contributed by atoms with van der Waals surface area (Å²) in [5.74, 6) is 0.0479. The zero-order valence-corrected chi connectivity index (χ0v) is 12.4. The molecule has 1 fully saturated rings. The number of hydrogen-bond acceptors (Lipinski definition) is 4. The first kappa shape index (κ1) is 18.1. The van der Waals surface area contributed by atoms with Gasteiger partial charge in [-0.25, -0.2) is 0 Å². The molecule has 1 aromatic heterocycles. The van der Waals surface area contributed by atoms with E-state index in [2.05, 4.69) is 10.3 Å². The van der Waals surface area contributed by atoms with E-state index < -0.39 is 0 Å². The van der Waals surface area contributed by atoms with Crippen molar-refractivity contribution in [2.45, 2.75) is 12.5 Å². The van der Waals surface area contributed by atoms with Crippen LogP contribution in [-0.4, -0.2) is 43.7 Å². The molecule has 1 aromatic rings. The Balaban J connectivity index is 0.00000162. The predicted molar refractivity (Wildman–Crippen MR) is 79.4 cm³/mol. The summed E-state index contributed by atoms with van der Waals surface area (Å²) in [6.07, 6.45) is 3.75. The fourth-order valence-electron chi connectivity index (χ4n) is 1.78. The quantitative estimate of drug-likeness (QED) is 0.913. The first-order valence-electron chi connectivity index (χ1n) is 5.76. The van der Waals surface area contributed by atoms with Crippen molar-refractivity contribution in [1.29, 1.82) is 0 Å². The molecule has 5 nitrogen and oxygen atoms in total. The number of rotatable bonds is 3. The number of nitrogens with one attached hydrogen (secondary N) is 1. The van der Waals surface area contributed by atoms with E-state index in [4.69, 9.17) is 4.74 Å². The molecule has 1 saturated heterocycles. The van der Waals surface area contributed by atoms with Gasteiger partial charge in [-0.3, -0.25) is 9.78 Å². The summed E-state index contributed by atoms with van der Waals surface area (Å²) in [5.41, 5.74) is 0.807. The summed E-state index contributed by atoms with van der Waals surface area (Å²) in [6, 6.07) is 3.68. The van der Waals surface area contributed by atoms with E-state index in [1.807, 2.05) is 12.1 Å². The minimum atomic E-state index is -0.0182. The maximum absolute atomic E-state index is 12.0. The average Bonchev–Trinajstić information content (AvgIpc) is 2.40. The lowest BCUT2D eigenvalue weighted by Crippen LogP contribution is -2.41.